The van der Waals surface area contributed by atoms with Crippen molar-refractivity contribution in [2.45, 2.75) is 262 Å². The largest absolute Gasteiger partial charge is 0.397 e. The normalized spacial score (nSPS) is 20.9. The van der Waals surface area contributed by atoms with Crippen LogP contribution in [0.5, 0.6) is 0 Å². The van der Waals surface area contributed by atoms with Crippen LogP contribution in [-0.2, 0) is 28.9 Å². The van der Waals surface area contributed by atoms with Gasteiger partial charge in [0, 0.05) is 0 Å². The second-order valence-electron chi connectivity index (χ2n) is 18.2. The molecule has 1 rings (SSSR count). The van der Waals surface area contributed by atoms with Crippen molar-refractivity contribution in [2.75, 3.05) is 13.2 Å². The van der Waals surface area contributed by atoms with Crippen LogP contribution < -0.4 is 5.32 Å². The second kappa shape index (κ2) is 41.9. The third kappa shape index (κ3) is 33.5. The number of nitrogens with one attached hydrogen (secondary N) is 1. The number of carbonyl (C=O) groups excluding carboxylic acids is 1. The van der Waals surface area contributed by atoms with Crippen molar-refractivity contribution in [1.82, 2.24) is 5.32 Å². The summed E-state index contributed by atoms with van der Waals surface area (Å²) in [4.78, 5) is 13.2. The van der Waals surface area contributed by atoms with E-state index >= 15 is 0 Å². The molecule has 1 aliphatic heterocycles. The number of unbranched alkanes of at least 4 members (excludes halogenated alkanes) is 25. The van der Waals surface area contributed by atoms with Gasteiger partial charge in [-0.25, -0.2) is 4.18 Å². The Morgan fingerprint density at radius 2 is 1.11 bits per heavy atom. The minimum absolute atomic E-state index is 0.235. The summed E-state index contributed by atoms with van der Waals surface area (Å²) in [7, 11) is -5.13. The predicted molar refractivity (Wildman–Crippen MR) is 265 cm³/mol. The standard InChI is InChI=1S/C52H95NO12S/c1-3-5-7-9-11-13-15-17-19-21-22-23-25-27-29-31-33-35-37-39-41-46(56)51(59)53-44(43-63-52-49(58)50(65-66(60,61)62)48(57)47(42-54)64-52)45(55)40-38-36-34-32-30-28-26-24-20-18-16-14-12-10-8-6-4-2/h5,7,11,13,30,32,38,40,44-50,52,54-58H,3-4,6,8-10,12,14-29,31,33-37,39,41-43H2,1-2H3,(H,53,59)(H,60,61,62)/b7-5-,13-11-,32-30+,40-38+. The summed E-state index contributed by atoms with van der Waals surface area (Å²) in [5.41, 5.74) is 0. The number of rotatable bonds is 44. The lowest BCUT2D eigenvalue weighted by Gasteiger charge is -2.41. The highest BCUT2D eigenvalue weighted by atomic mass is 32.3. The summed E-state index contributed by atoms with van der Waals surface area (Å²) < 4.78 is 47.6. The van der Waals surface area contributed by atoms with Crippen LogP contribution in [0.2, 0.25) is 0 Å². The highest BCUT2D eigenvalue weighted by molar-refractivity contribution is 7.80. The number of hydrogen-bond donors (Lipinski definition) is 7. The second-order valence-corrected chi connectivity index (χ2v) is 19.3. The molecular weight excluding hydrogens is 863 g/mol. The Labute approximate surface area is 400 Å². The average Bonchev–Trinajstić information content (AvgIpc) is 3.29. The first kappa shape index (κ1) is 62.0. The smallest absolute Gasteiger partial charge is 0.394 e. The topological polar surface area (TPSA) is 212 Å². The van der Waals surface area contributed by atoms with Crippen LogP contribution >= 0.6 is 0 Å². The molecule has 1 amide bonds. The summed E-state index contributed by atoms with van der Waals surface area (Å²) in [5, 5.41) is 55.4. The van der Waals surface area contributed by atoms with Crippen LogP contribution in [0.3, 0.4) is 0 Å². The highest BCUT2D eigenvalue weighted by Crippen LogP contribution is 2.26. The first-order valence-electron chi connectivity index (χ1n) is 26.1. The fourth-order valence-corrected chi connectivity index (χ4v) is 8.61. The summed E-state index contributed by atoms with van der Waals surface area (Å²) in [5.74, 6) is -0.713. The van der Waals surface area contributed by atoms with E-state index in [1.165, 1.54) is 134 Å². The van der Waals surface area contributed by atoms with Gasteiger partial charge in [0.05, 0.1) is 25.4 Å². The average molecular weight is 958 g/mol. The van der Waals surface area contributed by atoms with Crippen molar-refractivity contribution < 1.29 is 57.0 Å². The molecule has 0 radical (unpaired) electrons. The molecule has 386 valence electrons. The zero-order chi connectivity index (χ0) is 48.5. The molecule has 0 aromatic carbocycles. The fourth-order valence-electron chi connectivity index (χ4n) is 8.10. The van der Waals surface area contributed by atoms with Crippen molar-refractivity contribution in [3.05, 3.63) is 48.6 Å². The van der Waals surface area contributed by atoms with Gasteiger partial charge in [-0.2, -0.15) is 8.42 Å². The number of amides is 1. The van der Waals surface area contributed by atoms with Crippen molar-refractivity contribution in [3.63, 3.8) is 0 Å². The molecule has 8 atom stereocenters. The first-order chi connectivity index (χ1) is 31.9. The lowest BCUT2D eigenvalue weighted by Crippen LogP contribution is -2.61. The van der Waals surface area contributed by atoms with Gasteiger partial charge in [-0.3, -0.25) is 9.35 Å². The number of hydrogen-bond acceptors (Lipinski definition) is 11. The van der Waals surface area contributed by atoms with E-state index in [1.54, 1.807) is 6.08 Å². The molecule has 0 aromatic rings. The quantitative estimate of drug-likeness (QED) is 0.0173. The molecule has 1 aliphatic rings. The fraction of sp³-hybridized carbons (Fsp3) is 0.827. The Balaban J connectivity index is 2.51. The molecule has 1 fully saturated rings. The van der Waals surface area contributed by atoms with E-state index in [9.17, 15) is 43.3 Å². The maximum atomic E-state index is 13.2. The minimum atomic E-state index is -5.13. The summed E-state index contributed by atoms with van der Waals surface area (Å²) in [6.45, 7) is 3.12. The molecule has 1 saturated heterocycles. The Morgan fingerprint density at radius 1 is 0.636 bits per heavy atom. The van der Waals surface area contributed by atoms with Gasteiger partial charge in [-0.05, 0) is 57.8 Å². The monoisotopic (exact) mass is 958 g/mol. The van der Waals surface area contributed by atoms with E-state index in [2.05, 4.69) is 59.8 Å². The zero-order valence-electron chi connectivity index (χ0n) is 41.1. The van der Waals surface area contributed by atoms with Gasteiger partial charge in [0.1, 0.15) is 30.5 Å². The summed E-state index contributed by atoms with van der Waals surface area (Å²) in [6.07, 6.45) is 40.5. The van der Waals surface area contributed by atoms with Gasteiger partial charge in [-0.1, -0.05) is 204 Å². The predicted octanol–water partition coefficient (Wildman–Crippen LogP) is 10.2. The Bertz CT molecular complexity index is 1370. The minimum Gasteiger partial charge on any atom is -0.394 e. The molecule has 14 heteroatoms. The first-order valence-corrected chi connectivity index (χ1v) is 27.5. The van der Waals surface area contributed by atoms with Gasteiger partial charge in [-0.15, -0.1) is 0 Å². The summed E-state index contributed by atoms with van der Waals surface area (Å²) >= 11 is 0. The number of carbonyl (C=O) groups is 1. The van der Waals surface area contributed by atoms with Crippen LogP contribution in [0.25, 0.3) is 0 Å². The Morgan fingerprint density at radius 3 is 1.62 bits per heavy atom. The van der Waals surface area contributed by atoms with E-state index < -0.39 is 78.5 Å². The molecule has 0 spiro atoms. The van der Waals surface area contributed by atoms with E-state index in [-0.39, 0.29) is 6.42 Å². The number of aliphatic hydroxyl groups excluding tert-OH is 5. The Kier molecular flexibility index (Phi) is 39.4. The molecule has 66 heavy (non-hydrogen) atoms. The SMILES string of the molecule is CC/C=C\C/C=C\CCCCCCCCCCCCCCCC(O)C(=O)NC(COC1OC(CO)C(O)C(OS(=O)(=O)O)C1O)C(O)/C=C/CC/C=C/CCCCCCCCCCCCC. The van der Waals surface area contributed by atoms with Crippen molar-refractivity contribution >= 4 is 16.3 Å². The van der Waals surface area contributed by atoms with E-state index in [1.807, 2.05) is 0 Å². The van der Waals surface area contributed by atoms with Gasteiger partial charge in [0.2, 0.25) is 5.91 Å². The maximum Gasteiger partial charge on any atom is 0.397 e. The van der Waals surface area contributed by atoms with E-state index in [4.69, 9.17) is 9.47 Å². The molecule has 13 nitrogen and oxygen atoms in total. The van der Waals surface area contributed by atoms with Crippen LogP contribution in [0.1, 0.15) is 213 Å². The molecular formula is C52H95NO12S. The third-order valence-electron chi connectivity index (χ3n) is 12.2. The van der Waals surface area contributed by atoms with Gasteiger partial charge < -0.3 is 40.3 Å². The van der Waals surface area contributed by atoms with Gasteiger partial charge in [0.15, 0.2) is 6.29 Å². The van der Waals surface area contributed by atoms with Crippen LogP contribution in [0.4, 0.5) is 0 Å². The van der Waals surface area contributed by atoms with Crippen LogP contribution in [-0.4, -0.2) is 107 Å². The van der Waals surface area contributed by atoms with Gasteiger partial charge >= 0.3 is 10.4 Å². The van der Waals surface area contributed by atoms with Crippen LogP contribution in [0, 0.1) is 0 Å². The molecule has 8 unspecified atom stereocenters. The Hall–Kier alpha value is -1.98. The lowest BCUT2D eigenvalue weighted by molar-refractivity contribution is -0.298. The molecule has 7 N–H and O–H groups in total. The molecule has 0 bridgehead atoms. The maximum absolute atomic E-state index is 13.2. The van der Waals surface area contributed by atoms with Crippen molar-refractivity contribution in [2.24, 2.45) is 0 Å². The molecule has 0 aromatic heterocycles. The molecule has 0 aliphatic carbocycles. The number of aliphatic hydroxyl groups is 5. The van der Waals surface area contributed by atoms with Gasteiger partial charge in [0.25, 0.3) is 0 Å². The molecule has 1 heterocycles. The summed E-state index contributed by atoms with van der Waals surface area (Å²) in [6, 6.07) is -1.14. The van der Waals surface area contributed by atoms with Crippen LogP contribution in [0.15, 0.2) is 48.6 Å². The number of ether oxygens (including phenoxy) is 2. The lowest BCUT2D eigenvalue weighted by atomic mass is 9.99. The number of allylic oxidation sites excluding steroid dienone is 7. The van der Waals surface area contributed by atoms with E-state index in [0.29, 0.717) is 12.8 Å². The third-order valence-corrected chi connectivity index (χ3v) is 12.7. The highest BCUT2D eigenvalue weighted by Gasteiger charge is 2.48. The van der Waals surface area contributed by atoms with Crippen molar-refractivity contribution in [1.29, 1.82) is 0 Å². The van der Waals surface area contributed by atoms with E-state index in [0.717, 1.165) is 51.4 Å². The zero-order valence-corrected chi connectivity index (χ0v) is 41.9. The molecule has 0 saturated carbocycles. The van der Waals surface area contributed by atoms with Crippen molar-refractivity contribution in [3.8, 4) is 0 Å².